The molecule has 0 bridgehead atoms. The molecular weight excluding hydrogens is 196 g/mol. The fourth-order valence-electron chi connectivity index (χ4n) is 1.72. The number of hydrogen-bond acceptors (Lipinski definition) is 3. The molecule has 0 saturated heterocycles. The highest BCUT2D eigenvalue weighted by atomic mass is 16.4. The lowest BCUT2D eigenvalue weighted by molar-refractivity contribution is -0.153. The molecule has 1 aliphatic rings. The Hall–Kier alpha value is -1.39. The lowest BCUT2D eigenvalue weighted by Crippen LogP contribution is -2.27. The Morgan fingerprint density at radius 3 is 2.33 bits per heavy atom. The molecule has 4 nitrogen and oxygen atoms in total. The molecule has 0 spiro atoms. The van der Waals surface area contributed by atoms with Gasteiger partial charge in [0.15, 0.2) is 6.10 Å². The van der Waals surface area contributed by atoms with E-state index < -0.39 is 18.2 Å². The van der Waals surface area contributed by atoms with Crippen molar-refractivity contribution >= 4 is 5.97 Å². The summed E-state index contributed by atoms with van der Waals surface area (Å²) < 4.78 is 0. The van der Waals surface area contributed by atoms with E-state index >= 15 is 0 Å². The Labute approximate surface area is 86.8 Å². The smallest absolute Gasteiger partial charge is 0.335 e. The Morgan fingerprint density at radius 2 is 1.87 bits per heavy atom. The highest BCUT2D eigenvalue weighted by Gasteiger charge is 2.26. The minimum atomic E-state index is -1.76. The maximum Gasteiger partial charge on any atom is 0.335 e. The van der Waals surface area contributed by atoms with E-state index in [0.717, 1.165) is 18.4 Å². The summed E-state index contributed by atoms with van der Waals surface area (Å²) >= 11 is 0. The van der Waals surface area contributed by atoms with E-state index in [1.165, 1.54) is 5.56 Å². The third-order valence-electron chi connectivity index (χ3n) is 2.79. The highest BCUT2D eigenvalue weighted by molar-refractivity contribution is 5.73. The van der Waals surface area contributed by atoms with Gasteiger partial charge in [-0.05, 0) is 29.5 Å². The first-order valence-electron chi connectivity index (χ1n) is 4.80. The minimum Gasteiger partial charge on any atom is -0.479 e. The van der Waals surface area contributed by atoms with Crippen LogP contribution in [0.2, 0.25) is 0 Å². The van der Waals surface area contributed by atoms with E-state index in [1.54, 1.807) is 12.1 Å². The molecule has 0 aromatic heterocycles. The zero-order valence-corrected chi connectivity index (χ0v) is 8.05. The number of carbonyl (C=O) groups is 1. The van der Waals surface area contributed by atoms with Crippen LogP contribution in [0.15, 0.2) is 18.2 Å². The highest BCUT2D eigenvalue weighted by Crippen LogP contribution is 2.27. The summed E-state index contributed by atoms with van der Waals surface area (Å²) in [4.78, 5) is 10.5. The molecule has 1 aliphatic carbocycles. The molecule has 0 radical (unpaired) electrons. The van der Waals surface area contributed by atoms with Gasteiger partial charge in [0, 0.05) is 0 Å². The predicted molar refractivity (Wildman–Crippen MR) is 52.5 cm³/mol. The second-order valence-electron chi connectivity index (χ2n) is 3.76. The van der Waals surface area contributed by atoms with E-state index in [1.807, 2.05) is 6.07 Å². The molecule has 2 atom stereocenters. The van der Waals surface area contributed by atoms with E-state index in [9.17, 15) is 15.0 Å². The molecule has 0 heterocycles. The first kappa shape index (κ1) is 10.1. The normalized spacial score (nSPS) is 17.5. The molecule has 80 valence electrons. The number of aliphatic hydroxyl groups is 2. The zero-order chi connectivity index (χ0) is 11.0. The van der Waals surface area contributed by atoms with Crippen LogP contribution < -0.4 is 0 Å². The van der Waals surface area contributed by atoms with Gasteiger partial charge in [-0.2, -0.15) is 0 Å². The molecule has 4 heteroatoms. The van der Waals surface area contributed by atoms with Crippen LogP contribution in [0.3, 0.4) is 0 Å². The number of hydrogen-bond donors (Lipinski definition) is 3. The fourth-order valence-corrected chi connectivity index (χ4v) is 1.72. The molecule has 0 aliphatic heterocycles. The molecule has 1 aromatic carbocycles. The van der Waals surface area contributed by atoms with Crippen molar-refractivity contribution in [2.75, 3.05) is 0 Å². The fraction of sp³-hybridized carbons (Fsp3) is 0.364. The van der Waals surface area contributed by atoms with Gasteiger partial charge in [-0.25, -0.2) is 4.79 Å². The first-order valence-corrected chi connectivity index (χ1v) is 4.80. The summed E-state index contributed by atoms with van der Waals surface area (Å²) in [7, 11) is 0. The zero-order valence-electron chi connectivity index (χ0n) is 8.05. The van der Waals surface area contributed by atoms with Crippen molar-refractivity contribution in [1.82, 2.24) is 0 Å². The van der Waals surface area contributed by atoms with E-state index in [0.29, 0.717) is 5.56 Å². The van der Waals surface area contributed by atoms with Gasteiger partial charge in [0.1, 0.15) is 6.10 Å². The van der Waals surface area contributed by atoms with Crippen molar-refractivity contribution in [3.8, 4) is 0 Å². The lowest BCUT2D eigenvalue weighted by Gasteiger charge is -2.22. The van der Waals surface area contributed by atoms with Crippen LogP contribution >= 0.6 is 0 Å². The Balaban J connectivity index is 2.22. The number of rotatable bonds is 3. The van der Waals surface area contributed by atoms with Crippen LogP contribution in [-0.2, 0) is 17.6 Å². The molecule has 0 fully saturated rings. The minimum absolute atomic E-state index is 0.461. The average molecular weight is 208 g/mol. The van der Waals surface area contributed by atoms with Gasteiger partial charge >= 0.3 is 5.97 Å². The Morgan fingerprint density at radius 1 is 1.20 bits per heavy atom. The molecular formula is C11H12O4. The maximum atomic E-state index is 10.5. The summed E-state index contributed by atoms with van der Waals surface area (Å²) in [5.41, 5.74) is 2.82. The van der Waals surface area contributed by atoms with Crippen LogP contribution in [0.5, 0.6) is 0 Å². The monoisotopic (exact) mass is 208 g/mol. The molecule has 0 saturated carbocycles. The van der Waals surface area contributed by atoms with Gasteiger partial charge in [-0.3, -0.25) is 0 Å². The van der Waals surface area contributed by atoms with Gasteiger partial charge < -0.3 is 15.3 Å². The standard InChI is InChI=1S/C11H12O4/c12-9(10(13)11(14)15)8-4-2-6-1-3-7(6)5-8/h2,4-5,9-10,12-13H,1,3H2,(H,14,15). The third-order valence-corrected chi connectivity index (χ3v) is 2.79. The molecule has 2 rings (SSSR count). The van der Waals surface area contributed by atoms with E-state index in [4.69, 9.17) is 5.11 Å². The maximum absolute atomic E-state index is 10.5. The summed E-state index contributed by atoms with van der Waals surface area (Å²) in [6.07, 6.45) is -1.12. The van der Waals surface area contributed by atoms with Gasteiger partial charge in [0.25, 0.3) is 0 Å². The van der Waals surface area contributed by atoms with Gasteiger partial charge in [-0.1, -0.05) is 18.2 Å². The second kappa shape index (κ2) is 3.64. The van der Waals surface area contributed by atoms with Crippen LogP contribution in [-0.4, -0.2) is 27.4 Å². The van der Waals surface area contributed by atoms with Crippen LogP contribution in [0.4, 0.5) is 0 Å². The van der Waals surface area contributed by atoms with Crippen LogP contribution in [0.1, 0.15) is 22.8 Å². The number of carboxylic acid groups (broad SMARTS) is 1. The SMILES string of the molecule is O=C(O)C(O)C(O)c1ccc2c(c1)CC2. The summed E-state index contributed by atoms with van der Waals surface area (Å²) in [5.74, 6) is -1.41. The van der Waals surface area contributed by atoms with Crippen LogP contribution in [0.25, 0.3) is 0 Å². The Kier molecular flexibility index (Phi) is 2.46. The largest absolute Gasteiger partial charge is 0.479 e. The molecule has 2 unspecified atom stereocenters. The number of benzene rings is 1. The van der Waals surface area contributed by atoms with E-state index in [2.05, 4.69) is 0 Å². The Bertz CT molecular complexity index is 400. The quantitative estimate of drug-likeness (QED) is 0.666. The van der Waals surface area contributed by atoms with Crippen LogP contribution in [0, 0.1) is 0 Å². The average Bonchev–Trinajstić information content (AvgIpc) is 2.17. The number of aliphatic hydroxyl groups excluding tert-OH is 2. The first-order chi connectivity index (χ1) is 7.09. The van der Waals surface area contributed by atoms with E-state index in [-0.39, 0.29) is 0 Å². The van der Waals surface area contributed by atoms with Crippen molar-refractivity contribution in [3.05, 3.63) is 34.9 Å². The number of aliphatic carboxylic acids is 1. The predicted octanol–water partition coefficient (Wildman–Crippen LogP) is 0.264. The topological polar surface area (TPSA) is 77.8 Å². The van der Waals surface area contributed by atoms with Crippen molar-refractivity contribution in [2.45, 2.75) is 25.0 Å². The third kappa shape index (κ3) is 1.73. The van der Waals surface area contributed by atoms with Crippen molar-refractivity contribution in [1.29, 1.82) is 0 Å². The molecule has 3 N–H and O–H groups in total. The second-order valence-corrected chi connectivity index (χ2v) is 3.76. The van der Waals surface area contributed by atoms with Crippen molar-refractivity contribution in [2.24, 2.45) is 0 Å². The van der Waals surface area contributed by atoms with Gasteiger partial charge in [0.05, 0.1) is 0 Å². The summed E-state index contributed by atoms with van der Waals surface area (Å²) in [6.45, 7) is 0. The van der Waals surface area contributed by atoms with Crippen molar-refractivity contribution in [3.63, 3.8) is 0 Å². The van der Waals surface area contributed by atoms with Crippen molar-refractivity contribution < 1.29 is 20.1 Å². The van der Waals surface area contributed by atoms with Gasteiger partial charge in [-0.15, -0.1) is 0 Å². The molecule has 0 amide bonds. The molecule has 1 aromatic rings. The summed E-state index contributed by atoms with van der Waals surface area (Å²) in [5, 5.41) is 27.3. The van der Waals surface area contributed by atoms with Gasteiger partial charge in [0.2, 0.25) is 0 Å². The summed E-state index contributed by atoms with van der Waals surface area (Å²) in [6, 6.07) is 5.29. The molecule has 15 heavy (non-hydrogen) atoms. The number of carboxylic acids is 1. The lowest BCUT2D eigenvalue weighted by atomic mass is 9.86. The number of aryl methyl sites for hydroxylation is 2. The number of fused-ring (bicyclic) bond motifs is 1.